The number of aryl methyl sites for hydroxylation is 1. The number of hydrogen-bond donors (Lipinski definition) is 1. The number of aromatic nitrogens is 1. The fraction of sp³-hybridized carbons (Fsp3) is 0.353. The van der Waals surface area contributed by atoms with Crippen LogP contribution in [0.3, 0.4) is 0 Å². The lowest BCUT2D eigenvalue weighted by Crippen LogP contribution is -2.31. The summed E-state index contributed by atoms with van der Waals surface area (Å²) in [5, 5.41) is 3.06. The third kappa shape index (κ3) is 3.94. The van der Waals surface area contributed by atoms with E-state index in [4.69, 9.17) is 16.0 Å². The number of halogens is 1. The first-order valence-electron chi connectivity index (χ1n) is 7.76. The zero-order valence-electron chi connectivity index (χ0n) is 13.9. The van der Waals surface area contributed by atoms with E-state index in [1.54, 1.807) is 36.1 Å². The zero-order chi connectivity index (χ0) is 17.7. The molecule has 0 aliphatic rings. The average Bonchev–Trinajstić information content (AvgIpc) is 2.95. The molecule has 0 saturated carbocycles. The second kappa shape index (κ2) is 7.97. The number of oxazole rings is 1. The molecule has 7 heteroatoms. The lowest BCUT2D eigenvalue weighted by molar-refractivity contribution is 0.0766. The molecule has 1 aromatic carbocycles. The summed E-state index contributed by atoms with van der Waals surface area (Å²) in [5.74, 6) is 0.218. The second-order valence-corrected chi connectivity index (χ2v) is 5.56. The van der Waals surface area contributed by atoms with E-state index in [0.717, 1.165) is 0 Å². The van der Waals surface area contributed by atoms with Crippen molar-refractivity contribution in [2.75, 3.05) is 13.1 Å². The van der Waals surface area contributed by atoms with Gasteiger partial charge in [-0.3, -0.25) is 9.59 Å². The normalized spacial score (nSPS) is 10.5. The van der Waals surface area contributed by atoms with Crippen molar-refractivity contribution in [1.29, 1.82) is 0 Å². The summed E-state index contributed by atoms with van der Waals surface area (Å²) < 4.78 is 5.49. The second-order valence-electron chi connectivity index (χ2n) is 5.15. The Morgan fingerprint density at radius 1 is 1.25 bits per heavy atom. The van der Waals surface area contributed by atoms with E-state index in [9.17, 15) is 9.59 Å². The van der Waals surface area contributed by atoms with Crippen LogP contribution in [0.4, 0.5) is 0 Å². The van der Waals surface area contributed by atoms with Gasteiger partial charge in [-0.1, -0.05) is 23.7 Å². The molecule has 24 heavy (non-hydrogen) atoms. The van der Waals surface area contributed by atoms with Crippen molar-refractivity contribution in [3.05, 3.63) is 52.2 Å². The van der Waals surface area contributed by atoms with Crippen LogP contribution in [0.1, 0.15) is 46.3 Å². The number of hydrogen-bond acceptors (Lipinski definition) is 4. The maximum atomic E-state index is 12.3. The highest BCUT2D eigenvalue weighted by Gasteiger charge is 2.21. The molecule has 128 valence electrons. The van der Waals surface area contributed by atoms with Gasteiger partial charge in [0.05, 0.1) is 17.1 Å². The molecule has 0 unspecified atom stereocenters. The highest BCUT2D eigenvalue weighted by atomic mass is 35.5. The van der Waals surface area contributed by atoms with Crippen molar-refractivity contribution in [2.45, 2.75) is 27.3 Å². The number of rotatable bonds is 6. The Hall–Kier alpha value is -2.34. The molecule has 2 aromatic rings. The van der Waals surface area contributed by atoms with Gasteiger partial charge in [-0.05, 0) is 32.9 Å². The van der Waals surface area contributed by atoms with E-state index in [-0.39, 0.29) is 29.9 Å². The zero-order valence-corrected chi connectivity index (χ0v) is 14.7. The Morgan fingerprint density at radius 3 is 2.54 bits per heavy atom. The molecule has 0 radical (unpaired) electrons. The van der Waals surface area contributed by atoms with Gasteiger partial charge >= 0.3 is 0 Å². The summed E-state index contributed by atoms with van der Waals surface area (Å²) in [6, 6.07) is 6.76. The van der Waals surface area contributed by atoms with Gasteiger partial charge in [0.25, 0.3) is 11.8 Å². The highest BCUT2D eigenvalue weighted by molar-refractivity contribution is 6.33. The van der Waals surface area contributed by atoms with Crippen LogP contribution in [0.25, 0.3) is 0 Å². The molecular weight excluding hydrogens is 330 g/mol. The van der Waals surface area contributed by atoms with Crippen molar-refractivity contribution in [2.24, 2.45) is 0 Å². The quantitative estimate of drug-likeness (QED) is 0.869. The van der Waals surface area contributed by atoms with Crippen LogP contribution in [-0.4, -0.2) is 34.8 Å². The molecule has 0 atom stereocenters. The third-order valence-electron chi connectivity index (χ3n) is 3.61. The van der Waals surface area contributed by atoms with Gasteiger partial charge in [-0.25, -0.2) is 4.98 Å². The monoisotopic (exact) mass is 349 g/mol. The van der Waals surface area contributed by atoms with Gasteiger partial charge in [0.15, 0.2) is 5.69 Å². The van der Waals surface area contributed by atoms with Crippen LogP contribution in [0.2, 0.25) is 5.02 Å². The van der Waals surface area contributed by atoms with E-state index in [0.29, 0.717) is 29.4 Å². The summed E-state index contributed by atoms with van der Waals surface area (Å²) >= 11 is 5.99. The summed E-state index contributed by atoms with van der Waals surface area (Å²) in [7, 11) is 0. The molecule has 1 aromatic heterocycles. The number of nitrogens with one attached hydrogen (secondary N) is 1. The SMILES string of the molecule is CCN(CC)C(=O)c1nc(CNC(=O)c2ccccc2Cl)oc1C. The first kappa shape index (κ1) is 18.0. The molecule has 2 rings (SSSR count). The number of amides is 2. The van der Waals surface area contributed by atoms with Gasteiger partial charge in [-0.15, -0.1) is 0 Å². The van der Waals surface area contributed by atoms with Gasteiger partial charge < -0.3 is 14.6 Å². The number of nitrogens with zero attached hydrogens (tertiary/aromatic N) is 2. The molecule has 6 nitrogen and oxygen atoms in total. The molecule has 0 aliphatic heterocycles. The van der Waals surface area contributed by atoms with Crippen LogP contribution in [0.15, 0.2) is 28.7 Å². The summed E-state index contributed by atoms with van der Waals surface area (Å²) in [6.45, 7) is 6.77. The van der Waals surface area contributed by atoms with Crippen molar-refractivity contribution in [3.8, 4) is 0 Å². The first-order chi connectivity index (χ1) is 11.5. The van der Waals surface area contributed by atoms with Crippen molar-refractivity contribution >= 4 is 23.4 Å². The van der Waals surface area contributed by atoms with Gasteiger partial charge in [0, 0.05) is 13.1 Å². The summed E-state index contributed by atoms with van der Waals surface area (Å²) in [6.07, 6.45) is 0. The lowest BCUT2D eigenvalue weighted by Gasteiger charge is -2.16. The predicted molar refractivity (Wildman–Crippen MR) is 91.1 cm³/mol. The van der Waals surface area contributed by atoms with Crippen LogP contribution < -0.4 is 5.32 Å². The first-order valence-corrected chi connectivity index (χ1v) is 8.14. The molecule has 0 fully saturated rings. The molecule has 0 saturated heterocycles. The maximum Gasteiger partial charge on any atom is 0.276 e. The Balaban J connectivity index is 2.07. The number of carbonyl (C=O) groups is 2. The fourth-order valence-electron chi connectivity index (χ4n) is 2.28. The maximum absolute atomic E-state index is 12.3. The van der Waals surface area contributed by atoms with Crippen LogP contribution in [0, 0.1) is 6.92 Å². The summed E-state index contributed by atoms with van der Waals surface area (Å²) in [4.78, 5) is 30.3. The minimum atomic E-state index is -0.326. The smallest absolute Gasteiger partial charge is 0.276 e. The standard InChI is InChI=1S/C17H20ClN3O3/c1-4-21(5-2)17(23)15-11(3)24-14(20-15)10-19-16(22)12-8-6-7-9-13(12)18/h6-9H,4-5,10H2,1-3H3,(H,19,22). The lowest BCUT2D eigenvalue weighted by atomic mass is 10.2. The number of carbonyl (C=O) groups excluding carboxylic acids is 2. The van der Waals surface area contributed by atoms with E-state index in [2.05, 4.69) is 10.3 Å². The van der Waals surface area contributed by atoms with Crippen LogP contribution in [-0.2, 0) is 6.54 Å². The Bertz CT molecular complexity index is 738. The van der Waals surface area contributed by atoms with Crippen molar-refractivity contribution in [3.63, 3.8) is 0 Å². The van der Waals surface area contributed by atoms with E-state index >= 15 is 0 Å². The van der Waals surface area contributed by atoms with Crippen LogP contribution in [0.5, 0.6) is 0 Å². The summed E-state index contributed by atoms with van der Waals surface area (Å²) in [5.41, 5.74) is 0.655. The molecule has 2 amide bonds. The molecule has 0 spiro atoms. The van der Waals surface area contributed by atoms with E-state index in [1.165, 1.54) is 0 Å². The molecule has 1 heterocycles. The third-order valence-corrected chi connectivity index (χ3v) is 3.94. The fourth-order valence-corrected chi connectivity index (χ4v) is 2.50. The predicted octanol–water partition coefficient (Wildman–Crippen LogP) is 3.05. The molecule has 0 aliphatic carbocycles. The highest BCUT2D eigenvalue weighted by Crippen LogP contribution is 2.16. The number of benzene rings is 1. The van der Waals surface area contributed by atoms with E-state index in [1.807, 2.05) is 13.8 Å². The molecular formula is C17H20ClN3O3. The Labute approximate surface area is 145 Å². The molecule has 1 N–H and O–H groups in total. The van der Waals surface area contributed by atoms with Crippen LogP contribution >= 0.6 is 11.6 Å². The molecule has 0 bridgehead atoms. The van der Waals surface area contributed by atoms with E-state index < -0.39 is 0 Å². The van der Waals surface area contributed by atoms with Crippen molar-refractivity contribution in [1.82, 2.24) is 15.2 Å². The Kier molecular flexibility index (Phi) is 5.98. The van der Waals surface area contributed by atoms with Gasteiger partial charge in [-0.2, -0.15) is 0 Å². The minimum absolute atomic E-state index is 0.0798. The largest absolute Gasteiger partial charge is 0.443 e. The Morgan fingerprint density at radius 2 is 1.92 bits per heavy atom. The average molecular weight is 350 g/mol. The van der Waals surface area contributed by atoms with Gasteiger partial charge in [0.1, 0.15) is 5.76 Å². The topological polar surface area (TPSA) is 75.4 Å². The van der Waals surface area contributed by atoms with Crippen molar-refractivity contribution < 1.29 is 14.0 Å². The minimum Gasteiger partial charge on any atom is -0.443 e. The van der Waals surface area contributed by atoms with Gasteiger partial charge in [0.2, 0.25) is 5.89 Å².